The molecule has 0 spiro atoms. The van der Waals surface area contributed by atoms with Crippen LogP contribution in [0.4, 0.5) is 0 Å². The molecule has 0 amide bonds. The summed E-state index contributed by atoms with van der Waals surface area (Å²) in [6, 6.07) is 5.53. The number of benzene rings is 1. The van der Waals surface area contributed by atoms with Gasteiger partial charge in [0.2, 0.25) is 0 Å². The molecule has 0 aliphatic heterocycles. The number of hydrogen-bond acceptors (Lipinski definition) is 2. The lowest BCUT2D eigenvalue weighted by Crippen LogP contribution is -2.08. The van der Waals surface area contributed by atoms with Crippen molar-refractivity contribution in [3.8, 4) is 5.75 Å². The third-order valence-electron chi connectivity index (χ3n) is 2.03. The molecule has 1 unspecified atom stereocenters. The highest BCUT2D eigenvalue weighted by Gasteiger charge is 2.19. The lowest BCUT2D eigenvalue weighted by Gasteiger charge is -2.16. The predicted molar refractivity (Wildman–Crippen MR) is 62.8 cm³/mol. The van der Waals surface area contributed by atoms with E-state index >= 15 is 0 Å². The number of aliphatic hydroxyl groups excluding tert-OH is 1. The van der Waals surface area contributed by atoms with Crippen LogP contribution in [0.25, 0.3) is 0 Å². The Balaban J connectivity index is 3.04. The Labute approximate surface area is 99.8 Å². The fraction of sp³-hybridized carbons (Fsp3) is 0.455. The first kappa shape index (κ1) is 12.6. The van der Waals surface area contributed by atoms with Crippen molar-refractivity contribution in [2.24, 2.45) is 0 Å². The van der Waals surface area contributed by atoms with Gasteiger partial charge in [0.1, 0.15) is 16.7 Å². The first-order valence-corrected chi connectivity index (χ1v) is 5.63. The number of aryl methyl sites for hydroxylation is 1. The Morgan fingerprint density at radius 3 is 2.60 bits per heavy atom. The molecule has 2 nitrogen and oxygen atoms in total. The van der Waals surface area contributed by atoms with Crippen molar-refractivity contribution in [3.63, 3.8) is 0 Å². The Morgan fingerprint density at radius 2 is 2.07 bits per heavy atom. The molecule has 0 saturated carbocycles. The van der Waals surface area contributed by atoms with Crippen LogP contribution in [0.5, 0.6) is 5.75 Å². The first-order chi connectivity index (χ1) is 7.06. The summed E-state index contributed by atoms with van der Waals surface area (Å²) in [6.07, 6.45) is -0.921. The Morgan fingerprint density at radius 1 is 1.40 bits per heavy atom. The molecule has 1 aromatic carbocycles. The first-order valence-electron chi connectivity index (χ1n) is 4.75. The van der Waals surface area contributed by atoms with Crippen LogP contribution < -0.4 is 4.74 Å². The van der Waals surface area contributed by atoms with Crippen LogP contribution in [0.15, 0.2) is 18.2 Å². The van der Waals surface area contributed by atoms with Crippen LogP contribution in [0.3, 0.4) is 0 Å². The SMILES string of the molecule is CCOc1cc(C)ccc1C(O)C(Cl)Cl. The smallest absolute Gasteiger partial charge is 0.137 e. The van der Waals surface area contributed by atoms with Gasteiger partial charge in [-0.1, -0.05) is 12.1 Å². The Kier molecular flexibility index (Phi) is 4.71. The third-order valence-corrected chi connectivity index (χ3v) is 2.50. The molecule has 0 radical (unpaired) electrons. The molecule has 1 N–H and O–H groups in total. The van der Waals surface area contributed by atoms with Crippen LogP contribution in [-0.4, -0.2) is 16.5 Å². The quantitative estimate of drug-likeness (QED) is 0.830. The summed E-state index contributed by atoms with van der Waals surface area (Å²) in [5.41, 5.74) is 1.69. The van der Waals surface area contributed by atoms with Crippen LogP contribution in [0.2, 0.25) is 0 Å². The average molecular weight is 249 g/mol. The Hall–Kier alpha value is -0.440. The van der Waals surface area contributed by atoms with E-state index < -0.39 is 10.9 Å². The summed E-state index contributed by atoms with van der Waals surface area (Å²) in [6.45, 7) is 4.38. The zero-order valence-corrected chi connectivity index (χ0v) is 10.2. The van der Waals surface area contributed by atoms with Crippen LogP contribution >= 0.6 is 23.2 Å². The summed E-state index contributed by atoms with van der Waals surface area (Å²) < 4.78 is 5.41. The maximum absolute atomic E-state index is 9.75. The van der Waals surface area contributed by atoms with E-state index in [1.807, 2.05) is 26.0 Å². The minimum atomic E-state index is -0.921. The highest BCUT2D eigenvalue weighted by atomic mass is 35.5. The molecule has 0 heterocycles. The summed E-state index contributed by atoms with van der Waals surface area (Å²) in [5, 5.41) is 9.75. The van der Waals surface area contributed by atoms with Crippen LogP contribution in [-0.2, 0) is 0 Å². The van der Waals surface area contributed by atoms with Gasteiger partial charge in [-0.25, -0.2) is 0 Å². The van der Waals surface area contributed by atoms with Crippen molar-refractivity contribution >= 4 is 23.2 Å². The van der Waals surface area contributed by atoms with Crippen molar-refractivity contribution in [3.05, 3.63) is 29.3 Å². The van der Waals surface area contributed by atoms with Crippen molar-refractivity contribution in [1.29, 1.82) is 0 Å². The van der Waals surface area contributed by atoms with Gasteiger partial charge in [-0.2, -0.15) is 0 Å². The van der Waals surface area contributed by atoms with Crippen molar-refractivity contribution < 1.29 is 9.84 Å². The van der Waals surface area contributed by atoms with E-state index in [-0.39, 0.29) is 0 Å². The fourth-order valence-corrected chi connectivity index (χ4v) is 1.57. The van der Waals surface area contributed by atoms with Gasteiger partial charge < -0.3 is 9.84 Å². The highest BCUT2D eigenvalue weighted by Crippen LogP contribution is 2.31. The van der Waals surface area contributed by atoms with E-state index in [1.165, 1.54) is 0 Å². The van der Waals surface area contributed by atoms with Crippen LogP contribution in [0, 0.1) is 6.92 Å². The van der Waals surface area contributed by atoms with Gasteiger partial charge in [-0.05, 0) is 25.5 Å². The molecule has 1 rings (SSSR count). The lowest BCUT2D eigenvalue weighted by molar-refractivity contribution is 0.186. The molecule has 0 bridgehead atoms. The van der Waals surface area contributed by atoms with E-state index in [4.69, 9.17) is 27.9 Å². The molecule has 4 heteroatoms. The summed E-state index contributed by atoms with van der Waals surface area (Å²) in [4.78, 5) is -0.855. The van der Waals surface area contributed by atoms with Crippen molar-refractivity contribution in [2.45, 2.75) is 24.8 Å². The van der Waals surface area contributed by atoms with Gasteiger partial charge in [0.15, 0.2) is 0 Å². The van der Waals surface area contributed by atoms with E-state index in [2.05, 4.69) is 0 Å². The van der Waals surface area contributed by atoms with Gasteiger partial charge >= 0.3 is 0 Å². The number of rotatable bonds is 4. The number of alkyl halides is 2. The molecule has 0 aromatic heterocycles. The fourth-order valence-electron chi connectivity index (χ4n) is 1.30. The van der Waals surface area contributed by atoms with Gasteiger partial charge in [0.25, 0.3) is 0 Å². The number of halogens is 2. The van der Waals surface area contributed by atoms with Crippen LogP contribution in [0.1, 0.15) is 24.2 Å². The van der Waals surface area contributed by atoms with Gasteiger partial charge in [0.05, 0.1) is 6.61 Å². The van der Waals surface area contributed by atoms with Gasteiger partial charge in [-0.3, -0.25) is 0 Å². The molecule has 0 fully saturated rings. The Bertz CT molecular complexity index is 326. The second-order valence-corrected chi connectivity index (χ2v) is 4.42. The molecular formula is C11H14Cl2O2. The third kappa shape index (κ3) is 3.26. The number of aliphatic hydroxyl groups is 1. The highest BCUT2D eigenvalue weighted by molar-refractivity contribution is 6.44. The molecule has 84 valence electrons. The number of ether oxygens (including phenoxy) is 1. The summed E-state index contributed by atoms with van der Waals surface area (Å²) in [7, 11) is 0. The standard InChI is InChI=1S/C11H14Cl2O2/c1-3-15-9-6-7(2)4-5-8(9)10(14)11(12)13/h4-6,10-11,14H,3H2,1-2H3. The van der Waals surface area contributed by atoms with Crippen molar-refractivity contribution in [1.82, 2.24) is 0 Å². The molecule has 1 aromatic rings. The largest absolute Gasteiger partial charge is 0.493 e. The number of hydrogen-bond donors (Lipinski definition) is 1. The molecule has 0 aliphatic rings. The monoisotopic (exact) mass is 248 g/mol. The molecular weight excluding hydrogens is 235 g/mol. The zero-order chi connectivity index (χ0) is 11.4. The van der Waals surface area contributed by atoms with E-state index in [0.717, 1.165) is 5.56 Å². The second kappa shape index (κ2) is 5.59. The summed E-state index contributed by atoms with van der Waals surface area (Å²) >= 11 is 11.3. The predicted octanol–water partition coefficient (Wildman–Crippen LogP) is 3.23. The van der Waals surface area contributed by atoms with Gasteiger partial charge in [0, 0.05) is 5.56 Å². The second-order valence-electron chi connectivity index (χ2n) is 3.25. The van der Waals surface area contributed by atoms with E-state index in [9.17, 15) is 5.11 Å². The zero-order valence-electron chi connectivity index (χ0n) is 8.71. The minimum absolute atomic E-state index is 0.540. The maximum atomic E-state index is 9.75. The van der Waals surface area contributed by atoms with E-state index in [1.54, 1.807) is 6.07 Å². The topological polar surface area (TPSA) is 29.5 Å². The molecule has 1 atom stereocenters. The summed E-state index contributed by atoms with van der Waals surface area (Å²) in [5.74, 6) is 0.635. The lowest BCUT2D eigenvalue weighted by atomic mass is 10.1. The van der Waals surface area contributed by atoms with Crippen molar-refractivity contribution in [2.75, 3.05) is 6.61 Å². The minimum Gasteiger partial charge on any atom is -0.493 e. The average Bonchev–Trinajstić information content (AvgIpc) is 2.17. The maximum Gasteiger partial charge on any atom is 0.137 e. The normalized spacial score (nSPS) is 12.9. The molecule has 0 saturated heterocycles. The van der Waals surface area contributed by atoms with Gasteiger partial charge in [-0.15, -0.1) is 23.2 Å². The van der Waals surface area contributed by atoms with E-state index in [0.29, 0.717) is 17.9 Å². The molecule has 15 heavy (non-hydrogen) atoms. The molecule has 0 aliphatic carbocycles.